The third-order valence-electron chi connectivity index (χ3n) is 4.71. The van der Waals surface area contributed by atoms with Crippen LogP contribution in [0.3, 0.4) is 0 Å². The highest BCUT2D eigenvalue weighted by Crippen LogP contribution is 2.26. The van der Waals surface area contributed by atoms with Gasteiger partial charge in [-0.05, 0) is 48.8 Å². The number of hydrogen-bond donors (Lipinski definition) is 3. The SMILES string of the molecule is CCC(NC(=O)C(=O)N(CCO)CCO)c1ccc2c(c1)CCCC2. The first-order chi connectivity index (χ1) is 12.1. The molecule has 1 unspecified atom stereocenters. The van der Waals surface area contributed by atoms with Crippen molar-refractivity contribution in [1.29, 1.82) is 0 Å². The van der Waals surface area contributed by atoms with Gasteiger partial charge in [0.15, 0.2) is 0 Å². The number of fused-ring (bicyclic) bond motifs is 1. The van der Waals surface area contributed by atoms with Crippen LogP contribution in [0.5, 0.6) is 0 Å². The van der Waals surface area contributed by atoms with Crippen LogP contribution in [-0.2, 0) is 22.4 Å². The van der Waals surface area contributed by atoms with Gasteiger partial charge in [0, 0.05) is 13.1 Å². The monoisotopic (exact) mass is 348 g/mol. The molecule has 0 bridgehead atoms. The number of rotatable bonds is 7. The van der Waals surface area contributed by atoms with Crippen molar-refractivity contribution in [1.82, 2.24) is 10.2 Å². The highest BCUT2D eigenvalue weighted by Gasteiger charge is 2.24. The normalized spacial score (nSPS) is 14.5. The molecule has 0 saturated heterocycles. The minimum Gasteiger partial charge on any atom is -0.395 e. The van der Waals surface area contributed by atoms with Crippen LogP contribution in [0, 0.1) is 0 Å². The van der Waals surface area contributed by atoms with Crippen LogP contribution < -0.4 is 5.32 Å². The lowest BCUT2D eigenvalue weighted by molar-refractivity contribution is -0.146. The molecule has 1 atom stereocenters. The smallest absolute Gasteiger partial charge is 0.312 e. The van der Waals surface area contributed by atoms with Crippen LogP contribution in [0.25, 0.3) is 0 Å². The summed E-state index contributed by atoms with van der Waals surface area (Å²) >= 11 is 0. The molecule has 1 aromatic carbocycles. The second kappa shape index (κ2) is 9.53. The Kier molecular flexibility index (Phi) is 7.40. The maximum Gasteiger partial charge on any atom is 0.312 e. The van der Waals surface area contributed by atoms with Gasteiger partial charge in [0.2, 0.25) is 0 Å². The molecule has 0 heterocycles. The van der Waals surface area contributed by atoms with E-state index in [1.54, 1.807) is 0 Å². The van der Waals surface area contributed by atoms with E-state index in [2.05, 4.69) is 17.4 Å². The Balaban J connectivity index is 2.07. The quantitative estimate of drug-likeness (QED) is 0.640. The second-order valence-electron chi connectivity index (χ2n) is 6.41. The van der Waals surface area contributed by atoms with Gasteiger partial charge in [-0.3, -0.25) is 9.59 Å². The average molecular weight is 348 g/mol. The van der Waals surface area contributed by atoms with E-state index in [4.69, 9.17) is 10.2 Å². The number of aliphatic hydroxyl groups is 2. The molecular weight excluding hydrogens is 320 g/mol. The summed E-state index contributed by atoms with van der Waals surface area (Å²) < 4.78 is 0. The maximum absolute atomic E-state index is 12.3. The predicted octanol–water partition coefficient (Wildman–Crippen LogP) is 0.946. The van der Waals surface area contributed by atoms with Gasteiger partial charge in [-0.2, -0.15) is 0 Å². The number of hydrogen-bond acceptors (Lipinski definition) is 4. The topological polar surface area (TPSA) is 89.9 Å². The van der Waals surface area contributed by atoms with Crippen LogP contribution in [0.15, 0.2) is 18.2 Å². The fourth-order valence-corrected chi connectivity index (χ4v) is 3.31. The zero-order valence-electron chi connectivity index (χ0n) is 14.8. The molecule has 1 aliphatic carbocycles. The number of aliphatic hydroxyl groups excluding tert-OH is 2. The molecule has 0 fully saturated rings. The molecule has 6 nitrogen and oxygen atoms in total. The molecule has 25 heavy (non-hydrogen) atoms. The number of aryl methyl sites for hydroxylation is 2. The van der Waals surface area contributed by atoms with E-state index in [1.165, 1.54) is 24.0 Å². The third kappa shape index (κ3) is 5.03. The summed E-state index contributed by atoms with van der Waals surface area (Å²) in [5.41, 5.74) is 3.73. The average Bonchev–Trinajstić information content (AvgIpc) is 2.64. The third-order valence-corrected chi connectivity index (χ3v) is 4.71. The van der Waals surface area contributed by atoms with Crippen LogP contribution in [0.1, 0.15) is 48.9 Å². The molecule has 2 rings (SSSR count). The van der Waals surface area contributed by atoms with Crippen LogP contribution in [-0.4, -0.2) is 53.2 Å². The number of benzene rings is 1. The molecule has 6 heteroatoms. The van der Waals surface area contributed by atoms with Crippen molar-refractivity contribution >= 4 is 11.8 Å². The van der Waals surface area contributed by atoms with Crippen LogP contribution >= 0.6 is 0 Å². The first-order valence-electron chi connectivity index (χ1n) is 9.03. The molecular formula is C19H28N2O4. The van der Waals surface area contributed by atoms with Gasteiger partial charge in [0.05, 0.1) is 19.3 Å². The summed E-state index contributed by atoms with van der Waals surface area (Å²) in [5.74, 6) is -1.43. The van der Waals surface area contributed by atoms with E-state index in [-0.39, 0.29) is 32.3 Å². The van der Waals surface area contributed by atoms with Crippen molar-refractivity contribution in [2.45, 2.75) is 45.1 Å². The molecule has 0 radical (unpaired) electrons. The molecule has 0 spiro atoms. The van der Waals surface area contributed by atoms with Crippen molar-refractivity contribution in [2.75, 3.05) is 26.3 Å². The lowest BCUT2D eigenvalue weighted by atomic mass is 9.89. The fraction of sp³-hybridized carbons (Fsp3) is 0.579. The minimum absolute atomic E-state index is 0.0302. The maximum atomic E-state index is 12.3. The summed E-state index contributed by atoms with van der Waals surface area (Å²) in [6.07, 6.45) is 5.26. The number of carbonyl (C=O) groups is 2. The van der Waals surface area contributed by atoms with E-state index >= 15 is 0 Å². The van der Waals surface area contributed by atoms with Crippen LogP contribution in [0.2, 0.25) is 0 Å². The Hall–Kier alpha value is -1.92. The fourth-order valence-electron chi connectivity index (χ4n) is 3.31. The lowest BCUT2D eigenvalue weighted by Gasteiger charge is -2.24. The number of carbonyl (C=O) groups excluding carboxylic acids is 2. The summed E-state index contributed by atoms with van der Waals surface area (Å²) in [6.45, 7) is 1.53. The van der Waals surface area contributed by atoms with Crippen LogP contribution in [0.4, 0.5) is 0 Å². The number of nitrogens with one attached hydrogen (secondary N) is 1. The van der Waals surface area contributed by atoms with Crippen molar-refractivity contribution in [3.63, 3.8) is 0 Å². The van der Waals surface area contributed by atoms with Gasteiger partial charge in [-0.25, -0.2) is 0 Å². The molecule has 0 saturated carbocycles. The standard InChI is InChI=1S/C19H28N2O4/c1-2-17(16-8-7-14-5-3-4-6-15(14)13-16)20-18(24)19(25)21(9-11-22)10-12-23/h7-8,13,17,22-23H,2-6,9-12H2,1H3,(H,20,24). The van der Waals surface area contributed by atoms with Crippen molar-refractivity contribution < 1.29 is 19.8 Å². The predicted molar refractivity (Wildman–Crippen MR) is 95.0 cm³/mol. The summed E-state index contributed by atoms with van der Waals surface area (Å²) in [4.78, 5) is 25.7. The Morgan fingerprint density at radius 2 is 1.76 bits per heavy atom. The second-order valence-corrected chi connectivity index (χ2v) is 6.41. The van der Waals surface area contributed by atoms with Crippen molar-refractivity contribution in [2.24, 2.45) is 0 Å². The van der Waals surface area contributed by atoms with E-state index in [1.807, 2.05) is 13.0 Å². The van der Waals surface area contributed by atoms with Gasteiger partial charge >= 0.3 is 11.8 Å². The van der Waals surface area contributed by atoms with E-state index in [0.29, 0.717) is 6.42 Å². The highest BCUT2D eigenvalue weighted by molar-refractivity contribution is 6.35. The van der Waals surface area contributed by atoms with Gasteiger partial charge in [0.25, 0.3) is 0 Å². The Morgan fingerprint density at radius 3 is 2.36 bits per heavy atom. The molecule has 138 valence electrons. The zero-order valence-corrected chi connectivity index (χ0v) is 14.8. The number of nitrogens with zero attached hydrogens (tertiary/aromatic N) is 1. The summed E-state index contributed by atoms with van der Waals surface area (Å²) in [7, 11) is 0. The Bertz CT molecular complexity index is 597. The molecule has 1 aliphatic rings. The van der Waals surface area contributed by atoms with Gasteiger partial charge < -0.3 is 20.4 Å². The van der Waals surface area contributed by atoms with Gasteiger partial charge in [-0.15, -0.1) is 0 Å². The molecule has 0 aliphatic heterocycles. The summed E-state index contributed by atoms with van der Waals surface area (Å²) in [6, 6.07) is 6.08. The summed E-state index contributed by atoms with van der Waals surface area (Å²) in [5, 5.41) is 20.8. The van der Waals surface area contributed by atoms with Crippen molar-refractivity contribution in [3.05, 3.63) is 34.9 Å². The van der Waals surface area contributed by atoms with E-state index < -0.39 is 11.8 Å². The van der Waals surface area contributed by atoms with Gasteiger partial charge in [-0.1, -0.05) is 25.1 Å². The molecule has 0 aromatic heterocycles. The van der Waals surface area contributed by atoms with E-state index in [0.717, 1.165) is 23.3 Å². The number of amides is 2. The minimum atomic E-state index is -0.723. The zero-order chi connectivity index (χ0) is 18.2. The lowest BCUT2D eigenvalue weighted by Crippen LogP contribution is -2.46. The van der Waals surface area contributed by atoms with E-state index in [9.17, 15) is 9.59 Å². The first kappa shape index (κ1) is 19.4. The highest BCUT2D eigenvalue weighted by atomic mass is 16.3. The molecule has 1 aromatic rings. The van der Waals surface area contributed by atoms with Gasteiger partial charge in [0.1, 0.15) is 0 Å². The first-order valence-corrected chi connectivity index (χ1v) is 9.03. The molecule has 3 N–H and O–H groups in total. The Labute approximate surface area is 148 Å². The Morgan fingerprint density at radius 1 is 1.12 bits per heavy atom. The molecule has 2 amide bonds. The van der Waals surface area contributed by atoms with Crippen molar-refractivity contribution in [3.8, 4) is 0 Å². The largest absolute Gasteiger partial charge is 0.395 e.